The highest BCUT2D eigenvalue weighted by Crippen LogP contribution is 2.45. The third-order valence-corrected chi connectivity index (χ3v) is 5.55. The van der Waals surface area contributed by atoms with E-state index in [4.69, 9.17) is 9.47 Å². The van der Waals surface area contributed by atoms with E-state index >= 15 is 0 Å². The van der Waals surface area contributed by atoms with E-state index in [0.29, 0.717) is 37.4 Å². The van der Waals surface area contributed by atoms with Crippen molar-refractivity contribution in [2.24, 2.45) is 0 Å². The third kappa shape index (κ3) is 2.97. The first-order valence-corrected chi connectivity index (χ1v) is 8.80. The predicted molar refractivity (Wildman–Crippen MR) is 91.5 cm³/mol. The molecular formula is C19H27NO4. The molecule has 1 amide bonds. The SMILES string of the molecule is COc1ccc(C2(C(=O)N3CCC(O)CC3)CCCC2)cc1OC. The maximum absolute atomic E-state index is 13.4. The molecule has 5 heteroatoms. The standard InChI is InChI=1S/C19H27NO4/c1-23-16-6-5-14(13-17(16)24-2)19(9-3-4-10-19)18(22)20-11-7-15(21)8-12-20/h5-6,13,15,21H,3-4,7-12H2,1-2H3. The molecule has 24 heavy (non-hydrogen) atoms. The zero-order chi connectivity index (χ0) is 17.2. The highest BCUT2D eigenvalue weighted by atomic mass is 16.5. The van der Waals surface area contributed by atoms with Gasteiger partial charge in [-0.3, -0.25) is 4.79 Å². The Bertz CT molecular complexity index is 587. The molecule has 0 unspecified atom stereocenters. The zero-order valence-electron chi connectivity index (χ0n) is 14.6. The number of rotatable bonds is 4. The van der Waals surface area contributed by atoms with Crippen molar-refractivity contribution in [1.82, 2.24) is 4.90 Å². The van der Waals surface area contributed by atoms with Crippen LogP contribution in [0, 0.1) is 0 Å². The van der Waals surface area contributed by atoms with Crippen molar-refractivity contribution in [2.75, 3.05) is 27.3 Å². The Kier molecular flexibility index (Phi) is 4.99. The lowest BCUT2D eigenvalue weighted by atomic mass is 9.77. The van der Waals surface area contributed by atoms with Gasteiger partial charge in [-0.25, -0.2) is 0 Å². The quantitative estimate of drug-likeness (QED) is 0.920. The van der Waals surface area contributed by atoms with Crippen LogP contribution in [-0.4, -0.2) is 49.3 Å². The number of hydrogen-bond acceptors (Lipinski definition) is 4. The van der Waals surface area contributed by atoms with Gasteiger partial charge in [-0.05, 0) is 43.4 Å². The second kappa shape index (κ2) is 7.01. The minimum Gasteiger partial charge on any atom is -0.493 e. The smallest absolute Gasteiger partial charge is 0.233 e. The fourth-order valence-electron chi connectivity index (χ4n) is 4.11. The van der Waals surface area contributed by atoms with Crippen LogP contribution in [0.4, 0.5) is 0 Å². The van der Waals surface area contributed by atoms with Crippen LogP contribution in [0.25, 0.3) is 0 Å². The molecule has 0 atom stereocenters. The largest absolute Gasteiger partial charge is 0.493 e. The molecule has 1 aliphatic heterocycles. The van der Waals surface area contributed by atoms with Crippen LogP contribution in [-0.2, 0) is 10.2 Å². The first-order valence-electron chi connectivity index (χ1n) is 8.80. The number of piperidine rings is 1. The van der Waals surface area contributed by atoms with Crippen LogP contribution in [0.3, 0.4) is 0 Å². The van der Waals surface area contributed by atoms with E-state index in [1.54, 1.807) is 14.2 Å². The van der Waals surface area contributed by atoms with E-state index in [9.17, 15) is 9.90 Å². The molecule has 0 aromatic heterocycles. The molecule has 5 nitrogen and oxygen atoms in total. The lowest BCUT2D eigenvalue weighted by Gasteiger charge is -2.38. The summed E-state index contributed by atoms with van der Waals surface area (Å²) < 4.78 is 10.8. The van der Waals surface area contributed by atoms with Gasteiger partial charge in [0.05, 0.1) is 25.7 Å². The average molecular weight is 333 g/mol. The van der Waals surface area contributed by atoms with Gasteiger partial charge < -0.3 is 19.5 Å². The van der Waals surface area contributed by atoms with Crippen molar-refractivity contribution in [3.63, 3.8) is 0 Å². The Hall–Kier alpha value is -1.75. The molecule has 1 aliphatic carbocycles. The zero-order valence-corrected chi connectivity index (χ0v) is 14.6. The minimum absolute atomic E-state index is 0.208. The highest BCUT2D eigenvalue weighted by molar-refractivity contribution is 5.89. The molecule has 2 fully saturated rings. The van der Waals surface area contributed by atoms with Gasteiger partial charge in [-0.15, -0.1) is 0 Å². The first-order chi connectivity index (χ1) is 11.6. The van der Waals surface area contributed by atoms with Crippen molar-refractivity contribution in [3.05, 3.63) is 23.8 Å². The van der Waals surface area contributed by atoms with Crippen LogP contribution in [0.2, 0.25) is 0 Å². The summed E-state index contributed by atoms with van der Waals surface area (Å²) in [6, 6.07) is 5.85. The molecule has 1 aromatic rings. The van der Waals surface area contributed by atoms with Gasteiger partial charge in [0.1, 0.15) is 0 Å². The molecule has 132 valence electrons. The number of likely N-dealkylation sites (tertiary alicyclic amines) is 1. The number of methoxy groups -OCH3 is 2. The number of carbonyl (C=O) groups is 1. The van der Waals surface area contributed by atoms with Crippen molar-refractivity contribution in [2.45, 2.75) is 50.0 Å². The number of aliphatic hydroxyl groups is 1. The summed E-state index contributed by atoms with van der Waals surface area (Å²) in [6.45, 7) is 1.30. The lowest BCUT2D eigenvalue weighted by molar-refractivity contribution is -0.139. The maximum Gasteiger partial charge on any atom is 0.233 e. The number of nitrogens with zero attached hydrogens (tertiary/aromatic N) is 1. The summed E-state index contributed by atoms with van der Waals surface area (Å²) in [5.74, 6) is 1.56. The van der Waals surface area contributed by atoms with Crippen molar-refractivity contribution >= 4 is 5.91 Å². The van der Waals surface area contributed by atoms with Crippen LogP contribution in [0.5, 0.6) is 11.5 Å². The monoisotopic (exact) mass is 333 g/mol. The normalized spacial score (nSPS) is 20.9. The summed E-state index contributed by atoms with van der Waals surface area (Å²) in [4.78, 5) is 15.3. The fraction of sp³-hybridized carbons (Fsp3) is 0.632. The van der Waals surface area contributed by atoms with Gasteiger partial charge >= 0.3 is 0 Å². The van der Waals surface area contributed by atoms with Crippen molar-refractivity contribution in [3.8, 4) is 11.5 Å². The number of aliphatic hydroxyl groups excluding tert-OH is 1. The predicted octanol–water partition coefficient (Wildman–Crippen LogP) is 2.50. The lowest BCUT2D eigenvalue weighted by Crippen LogP contribution is -2.49. The molecule has 1 N–H and O–H groups in total. The third-order valence-electron chi connectivity index (χ3n) is 5.55. The van der Waals surface area contributed by atoms with E-state index in [-0.39, 0.29) is 12.0 Å². The number of ether oxygens (including phenoxy) is 2. The molecular weight excluding hydrogens is 306 g/mol. The van der Waals surface area contributed by atoms with E-state index < -0.39 is 5.41 Å². The Morgan fingerprint density at radius 1 is 1.12 bits per heavy atom. The number of amides is 1. The Labute approximate surface area is 143 Å². The summed E-state index contributed by atoms with van der Waals surface area (Å²) in [7, 11) is 3.24. The highest BCUT2D eigenvalue weighted by Gasteiger charge is 2.45. The summed E-state index contributed by atoms with van der Waals surface area (Å²) in [5, 5.41) is 9.71. The Morgan fingerprint density at radius 2 is 1.75 bits per heavy atom. The van der Waals surface area contributed by atoms with Crippen molar-refractivity contribution in [1.29, 1.82) is 0 Å². The van der Waals surface area contributed by atoms with Crippen molar-refractivity contribution < 1.29 is 19.4 Å². The maximum atomic E-state index is 13.4. The molecule has 1 aromatic carbocycles. The number of hydrogen-bond donors (Lipinski definition) is 1. The number of carbonyl (C=O) groups excluding carboxylic acids is 1. The van der Waals surface area contributed by atoms with E-state index in [1.165, 1.54) is 0 Å². The molecule has 1 heterocycles. The second-order valence-electron chi connectivity index (χ2n) is 6.88. The second-order valence-corrected chi connectivity index (χ2v) is 6.88. The van der Waals surface area contributed by atoms with Gasteiger partial charge in [0, 0.05) is 13.1 Å². The van der Waals surface area contributed by atoms with Crippen LogP contribution in [0.1, 0.15) is 44.1 Å². The van der Waals surface area contributed by atoms with Gasteiger partial charge in [0.15, 0.2) is 11.5 Å². The summed E-state index contributed by atoms with van der Waals surface area (Å²) in [5.41, 5.74) is 0.566. The Balaban J connectivity index is 1.92. The minimum atomic E-state index is -0.457. The molecule has 0 bridgehead atoms. The van der Waals surface area contributed by atoms with E-state index in [0.717, 1.165) is 31.2 Å². The van der Waals surface area contributed by atoms with Crippen LogP contribution >= 0.6 is 0 Å². The van der Waals surface area contributed by atoms with Crippen LogP contribution < -0.4 is 9.47 Å². The summed E-state index contributed by atoms with van der Waals surface area (Å²) in [6.07, 6.45) is 4.96. The molecule has 1 saturated heterocycles. The van der Waals surface area contributed by atoms with Gasteiger partial charge in [0.2, 0.25) is 5.91 Å². The van der Waals surface area contributed by atoms with E-state index in [2.05, 4.69) is 0 Å². The van der Waals surface area contributed by atoms with Gasteiger partial charge in [-0.1, -0.05) is 18.9 Å². The molecule has 2 aliphatic rings. The number of benzene rings is 1. The summed E-state index contributed by atoms with van der Waals surface area (Å²) >= 11 is 0. The Morgan fingerprint density at radius 3 is 2.33 bits per heavy atom. The van der Waals surface area contributed by atoms with Gasteiger partial charge in [-0.2, -0.15) is 0 Å². The fourth-order valence-corrected chi connectivity index (χ4v) is 4.11. The molecule has 3 rings (SSSR count). The van der Waals surface area contributed by atoms with Gasteiger partial charge in [0.25, 0.3) is 0 Å². The van der Waals surface area contributed by atoms with E-state index in [1.807, 2.05) is 23.1 Å². The molecule has 0 spiro atoms. The molecule has 1 saturated carbocycles. The molecule has 0 radical (unpaired) electrons. The topological polar surface area (TPSA) is 59.0 Å². The first kappa shape index (κ1) is 17.1. The van der Waals surface area contributed by atoms with Crippen LogP contribution in [0.15, 0.2) is 18.2 Å². The average Bonchev–Trinajstić information content (AvgIpc) is 3.12.